The molecule has 3 aromatic carbocycles. The molecule has 0 spiro atoms. The predicted molar refractivity (Wildman–Crippen MR) is 137 cm³/mol. The number of nitrogens with two attached hydrogens (primary N) is 1. The topological polar surface area (TPSA) is 90.5 Å². The molecule has 1 saturated heterocycles. The third kappa shape index (κ3) is 4.54. The minimum absolute atomic E-state index is 0.0531. The Hall–Kier alpha value is -3.44. The molecular formula is C28H26F2N4O3S. The standard InChI is InChI=1S/C28H26F2N4O3S/c29-21-8-11-25(30)24(12-21)28-26(31)13-22(17-37-28)33-14-20-15-34(32-27(20)16-33)38(35,36)23-9-6-19(7-10-23)18-4-2-1-3-5-18/h1-12,15,22,26,28H,13-14,16-17,31H2/t22-,26+,28-/m1/s1. The maximum absolute atomic E-state index is 14.2. The van der Waals surface area contributed by atoms with Crippen molar-refractivity contribution in [2.45, 2.75) is 42.6 Å². The van der Waals surface area contributed by atoms with Gasteiger partial charge >= 0.3 is 0 Å². The summed E-state index contributed by atoms with van der Waals surface area (Å²) < 4.78 is 61.3. The largest absolute Gasteiger partial charge is 0.370 e. The van der Waals surface area contributed by atoms with E-state index in [1.165, 1.54) is 0 Å². The van der Waals surface area contributed by atoms with E-state index in [1.807, 2.05) is 30.3 Å². The zero-order valence-electron chi connectivity index (χ0n) is 20.4. The van der Waals surface area contributed by atoms with Gasteiger partial charge in [-0.1, -0.05) is 42.5 Å². The van der Waals surface area contributed by atoms with Gasteiger partial charge in [0, 0.05) is 42.5 Å². The number of hydrogen-bond donors (Lipinski definition) is 1. The van der Waals surface area contributed by atoms with Gasteiger partial charge in [0.25, 0.3) is 10.0 Å². The first-order chi connectivity index (χ1) is 18.3. The van der Waals surface area contributed by atoms with E-state index < -0.39 is 33.8 Å². The van der Waals surface area contributed by atoms with E-state index in [9.17, 15) is 17.2 Å². The van der Waals surface area contributed by atoms with Crippen molar-refractivity contribution in [3.63, 3.8) is 0 Å². The number of benzene rings is 3. The van der Waals surface area contributed by atoms with Gasteiger partial charge in [0.05, 0.1) is 17.2 Å². The van der Waals surface area contributed by atoms with Gasteiger partial charge in [-0.3, -0.25) is 4.90 Å². The van der Waals surface area contributed by atoms with Crippen LogP contribution in [0, 0.1) is 11.6 Å². The maximum Gasteiger partial charge on any atom is 0.282 e. The average molecular weight is 537 g/mol. The van der Waals surface area contributed by atoms with Crippen LogP contribution in [0.3, 0.4) is 0 Å². The number of rotatable bonds is 5. The lowest BCUT2D eigenvalue weighted by molar-refractivity contribution is -0.0533. The van der Waals surface area contributed by atoms with Crippen LogP contribution < -0.4 is 5.73 Å². The third-order valence-corrected chi connectivity index (χ3v) is 8.82. The van der Waals surface area contributed by atoms with Gasteiger partial charge in [-0.15, -0.1) is 0 Å². The average Bonchev–Trinajstić information content (AvgIpc) is 3.51. The van der Waals surface area contributed by atoms with E-state index in [4.69, 9.17) is 10.5 Å². The van der Waals surface area contributed by atoms with Gasteiger partial charge in [-0.05, 0) is 47.9 Å². The lowest BCUT2D eigenvalue weighted by atomic mass is 9.93. The first-order valence-corrected chi connectivity index (χ1v) is 13.8. The lowest BCUT2D eigenvalue weighted by Gasteiger charge is -2.38. The molecule has 1 aromatic heterocycles. The normalized spacial score (nSPS) is 21.9. The summed E-state index contributed by atoms with van der Waals surface area (Å²) in [5.41, 5.74) is 9.89. The molecule has 4 aromatic rings. The predicted octanol–water partition coefficient (Wildman–Crippen LogP) is 4.24. The van der Waals surface area contributed by atoms with Crippen molar-refractivity contribution in [3.05, 3.63) is 107 Å². The van der Waals surface area contributed by atoms with E-state index in [0.717, 1.165) is 39.0 Å². The molecule has 10 heteroatoms. The second-order valence-electron chi connectivity index (χ2n) is 9.75. The highest BCUT2D eigenvalue weighted by molar-refractivity contribution is 7.89. The summed E-state index contributed by atoms with van der Waals surface area (Å²) in [6, 6.07) is 19.2. The number of hydrogen-bond acceptors (Lipinski definition) is 6. The fraction of sp³-hybridized carbons (Fsp3) is 0.250. The molecule has 0 bridgehead atoms. The van der Waals surface area contributed by atoms with Crippen molar-refractivity contribution in [1.82, 2.24) is 14.1 Å². The zero-order valence-corrected chi connectivity index (χ0v) is 21.2. The van der Waals surface area contributed by atoms with E-state index in [2.05, 4.69) is 10.00 Å². The van der Waals surface area contributed by atoms with E-state index in [0.29, 0.717) is 31.8 Å². The van der Waals surface area contributed by atoms with Crippen molar-refractivity contribution in [3.8, 4) is 11.1 Å². The van der Waals surface area contributed by atoms with E-state index >= 15 is 0 Å². The molecule has 0 unspecified atom stereocenters. The van der Waals surface area contributed by atoms with Crippen molar-refractivity contribution >= 4 is 10.0 Å². The molecule has 7 nitrogen and oxygen atoms in total. The summed E-state index contributed by atoms with van der Waals surface area (Å²) >= 11 is 0. The smallest absolute Gasteiger partial charge is 0.282 e. The molecule has 196 valence electrons. The van der Waals surface area contributed by atoms with Crippen LogP contribution in [0.1, 0.15) is 29.3 Å². The van der Waals surface area contributed by atoms with Crippen molar-refractivity contribution in [2.24, 2.45) is 5.73 Å². The molecule has 38 heavy (non-hydrogen) atoms. The third-order valence-electron chi connectivity index (χ3n) is 7.27. The fourth-order valence-corrected chi connectivity index (χ4v) is 6.41. The maximum atomic E-state index is 14.2. The Morgan fingerprint density at radius 3 is 2.39 bits per heavy atom. The van der Waals surface area contributed by atoms with Gasteiger partial charge in [0.2, 0.25) is 0 Å². The molecule has 0 amide bonds. The fourth-order valence-electron chi connectivity index (χ4n) is 5.24. The summed E-state index contributed by atoms with van der Waals surface area (Å²) in [5.74, 6) is -1.08. The summed E-state index contributed by atoms with van der Waals surface area (Å²) in [6.07, 6.45) is 1.36. The van der Waals surface area contributed by atoms with Gasteiger partial charge in [0.15, 0.2) is 0 Å². The molecule has 3 heterocycles. The van der Waals surface area contributed by atoms with Crippen LogP contribution in [-0.4, -0.2) is 41.2 Å². The number of aromatic nitrogens is 2. The summed E-state index contributed by atoms with van der Waals surface area (Å²) in [4.78, 5) is 2.29. The van der Waals surface area contributed by atoms with Gasteiger partial charge in [0.1, 0.15) is 17.7 Å². The molecular weight excluding hydrogens is 510 g/mol. The Morgan fingerprint density at radius 1 is 0.947 bits per heavy atom. The van der Waals surface area contributed by atoms with Crippen LogP contribution in [0.5, 0.6) is 0 Å². The number of fused-ring (bicyclic) bond motifs is 1. The van der Waals surface area contributed by atoms with Crippen LogP contribution in [0.2, 0.25) is 0 Å². The molecule has 2 N–H and O–H groups in total. The lowest BCUT2D eigenvalue weighted by Crippen LogP contribution is -2.47. The van der Waals surface area contributed by atoms with Crippen LogP contribution in [0.4, 0.5) is 8.78 Å². The Balaban J connectivity index is 1.13. The molecule has 0 aliphatic carbocycles. The minimum atomic E-state index is -3.84. The quantitative estimate of drug-likeness (QED) is 0.411. The Bertz CT molecular complexity index is 1550. The highest BCUT2D eigenvalue weighted by Gasteiger charge is 2.37. The second-order valence-corrected chi connectivity index (χ2v) is 11.5. The molecule has 0 saturated carbocycles. The SMILES string of the molecule is N[C@H]1C[C@@H](N2Cc3cn(S(=O)(=O)c4ccc(-c5ccccc5)cc4)nc3C2)CO[C@@H]1c1cc(F)ccc1F. The Kier molecular flexibility index (Phi) is 6.35. The minimum Gasteiger partial charge on any atom is -0.370 e. The van der Waals surface area contributed by atoms with Crippen LogP contribution in [-0.2, 0) is 27.8 Å². The highest BCUT2D eigenvalue weighted by atomic mass is 32.2. The molecule has 2 aliphatic heterocycles. The summed E-state index contributed by atoms with van der Waals surface area (Å²) in [6.45, 7) is 1.24. The molecule has 3 atom stereocenters. The zero-order chi connectivity index (χ0) is 26.4. The highest BCUT2D eigenvalue weighted by Crippen LogP contribution is 2.34. The van der Waals surface area contributed by atoms with Crippen LogP contribution in [0.25, 0.3) is 11.1 Å². The number of nitrogens with zero attached hydrogens (tertiary/aromatic N) is 3. The summed E-state index contributed by atoms with van der Waals surface area (Å²) in [7, 11) is -3.84. The number of ether oxygens (including phenoxy) is 1. The van der Waals surface area contributed by atoms with Crippen molar-refractivity contribution < 1.29 is 21.9 Å². The second kappa shape index (κ2) is 9.70. The van der Waals surface area contributed by atoms with E-state index in [-0.39, 0.29) is 16.5 Å². The first kappa shape index (κ1) is 24.9. The monoisotopic (exact) mass is 536 g/mol. The van der Waals surface area contributed by atoms with Crippen LogP contribution >= 0.6 is 0 Å². The Morgan fingerprint density at radius 2 is 1.68 bits per heavy atom. The Labute approximate surface area is 219 Å². The summed E-state index contributed by atoms with van der Waals surface area (Å²) in [5, 5.41) is 4.39. The molecule has 2 aliphatic rings. The molecule has 0 radical (unpaired) electrons. The van der Waals surface area contributed by atoms with Crippen molar-refractivity contribution in [1.29, 1.82) is 0 Å². The number of halogens is 2. The van der Waals surface area contributed by atoms with E-state index in [1.54, 1.807) is 30.5 Å². The van der Waals surface area contributed by atoms with Crippen LogP contribution in [0.15, 0.2) is 83.9 Å². The van der Waals surface area contributed by atoms with Gasteiger partial charge < -0.3 is 10.5 Å². The van der Waals surface area contributed by atoms with Crippen molar-refractivity contribution in [2.75, 3.05) is 6.61 Å². The first-order valence-electron chi connectivity index (χ1n) is 12.3. The molecule has 6 rings (SSSR count). The molecule has 1 fully saturated rings. The van der Waals surface area contributed by atoms with Gasteiger partial charge in [-0.2, -0.15) is 17.6 Å². The van der Waals surface area contributed by atoms with Gasteiger partial charge in [-0.25, -0.2) is 8.78 Å².